The van der Waals surface area contributed by atoms with Crippen LogP contribution >= 0.6 is 11.8 Å². The minimum Gasteiger partial charge on any atom is -0.340 e. The molecule has 1 saturated heterocycles. The van der Waals surface area contributed by atoms with Gasteiger partial charge in [-0.1, -0.05) is 74.7 Å². The fourth-order valence-electron chi connectivity index (χ4n) is 4.72. The van der Waals surface area contributed by atoms with Gasteiger partial charge in [-0.3, -0.25) is 9.59 Å². The van der Waals surface area contributed by atoms with E-state index in [1.165, 1.54) is 19.3 Å². The number of unbranched alkanes of at least 4 members (excludes halogenated alkanes) is 4. The second-order valence-corrected chi connectivity index (χ2v) is 10.4. The first-order valence-electron chi connectivity index (χ1n) is 13.0. The number of para-hydroxylation sites is 1. The van der Waals surface area contributed by atoms with E-state index in [-0.39, 0.29) is 17.9 Å². The van der Waals surface area contributed by atoms with Gasteiger partial charge in [-0.2, -0.15) is 0 Å². The predicted octanol–water partition coefficient (Wildman–Crippen LogP) is 6.75. The molecule has 0 saturated carbocycles. The molecular weight excluding hydrogens is 468 g/mol. The minimum atomic E-state index is -0.264. The third-order valence-electron chi connectivity index (χ3n) is 6.53. The molecule has 2 heterocycles. The van der Waals surface area contributed by atoms with E-state index in [0.29, 0.717) is 12.0 Å². The van der Waals surface area contributed by atoms with Crippen molar-refractivity contribution in [2.45, 2.75) is 64.8 Å². The van der Waals surface area contributed by atoms with Crippen molar-refractivity contribution in [2.75, 3.05) is 22.9 Å². The van der Waals surface area contributed by atoms with Crippen LogP contribution in [0.2, 0.25) is 0 Å². The Morgan fingerprint density at radius 1 is 1.00 bits per heavy atom. The second-order valence-electron chi connectivity index (χ2n) is 9.35. The molecule has 0 aliphatic carbocycles. The zero-order valence-corrected chi connectivity index (χ0v) is 22.1. The average molecular weight is 505 g/mol. The van der Waals surface area contributed by atoms with Crippen molar-refractivity contribution in [1.29, 1.82) is 0 Å². The van der Waals surface area contributed by atoms with Crippen LogP contribution in [-0.4, -0.2) is 34.2 Å². The largest absolute Gasteiger partial charge is 0.340 e. The first-order chi connectivity index (χ1) is 17.6. The van der Waals surface area contributed by atoms with E-state index in [1.807, 2.05) is 61.5 Å². The number of anilines is 2. The highest BCUT2D eigenvalue weighted by Crippen LogP contribution is 2.40. The maximum Gasteiger partial charge on any atom is 0.255 e. The quantitative estimate of drug-likeness (QED) is 0.351. The Kier molecular flexibility index (Phi) is 9.23. The van der Waals surface area contributed by atoms with Crippen LogP contribution in [0.4, 0.5) is 11.4 Å². The number of carbonyl (C=O) groups is 2. The summed E-state index contributed by atoms with van der Waals surface area (Å²) >= 11 is 1.74. The second kappa shape index (κ2) is 12.8. The molecule has 6 nitrogen and oxygen atoms in total. The van der Waals surface area contributed by atoms with Crippen LogP contribution in [0.1, 0.15) is 70.4 Å². The lowest BCUT2D eigenvalue weighted by Gasteiger charge is -2.41. The Balaban J connectivity index is 1.56. The molecule has 2 amide bonds. The van der Waals surface area contributed by atoms with Gasteiger partial charge in [0.25, 0.3) is 5.91 Å². The van der Waals surface area contributed by atoms with Gasteiger partial charge in [0.05, 0.1) is 17.3 Å². The van der Waals surface area contributed by atoms with Gasteiger partial charge in [0.1, 0.15) is 0 Å². The molecule has 0 spiro atoms. The number of hydrogen-bond acceptors (Lipinski definition) is 5. The number of fused-ring (bicyclic) bond motifs is 1. The fraction of sp³-hybridized carbons (Fsp3) is 0.414. The molecule has 4 rings (SSSR count). The molecule has 2 aromatic carbocycles. The lowest BCUT2D eigenvalue weighted by molar-refractivity contribution is -0.116. The SMILES string of the molecule is CCCCCCCC(=O)Nc1cccc(C2C(C(=O)Nc3ccccc3)=C(C)N=C3SCCCN32)c1. The number of allylic oxidation sites excluding steroid dienone is 1. The van der Waals surface area contributed by atoms with E-state index in [1.54, 1.807) is 11.8 Å². The van der Waals surface area contributed by atoms with Gasteiger partial charge >= 0.3 is 0 Å². The zero-order valence-electron chi connectivity index (χ0n) is 21.3. The number of benzene rings is 2. The van der Waals surface area contributed by atoms with Gasteiger partial charge in [0.15, 0.2) is 5.17 Å². The molecule has 36 heavy (non-hydrogen) atoms. The highest BCUT2D eigenvalue weighted by atomic mass is 32.2. The number of amides is 2. The first-order valence-corrected chi connectivity index (χ1v) is 14.0. The highest BCUT2D eigenvalue weighted by molar-refractivity contribution is 8.13. The molecule has 2 aliphatic rings. The number of hydrogen-bond donors (Lipinski definition) is 2. The molecule has 0 aromatic heterocycles. The topological polar surface area (TPSA) is 73.8 Å². The monoisotopic (exact) mass is 504 g/mol. The molecule has 0 bridgehead atoms. The minimum absolute atomic E-state index is 0.0387. The van der Waals surface area contributed by atoms with Gasteiger partial charge in [0, 0.05) is 30.1 Å². The van der Waals surface area contributed by atoms with Crippen molar-refractivity contribution in [3.8, 4) is 0 Å². The Morgan fingerprint density at radius 3 is 2.58 bits per heavy atom. The predicted molar refractivity (Wildman–Crippen MR) is 150 cm³/mol. The van der Waals surface area contributed by atoms with Crippen molar-refractivity contribution in [3.05, 3.63) is 71.4 Å². The number of nitrogens with zero attached hydrogens (tertiary/aromatic N) is 2. The Bertz CT molecular complexity index is 1130. The molecule has 7 heteroatoms. The van der Waals surface area contributed by atoms with E-state index >= 15 is 0 Å². The summed E-state index contributed by atoms with van der Waals surface area (Å²) in [6, 6.07) is 17.2. The maximum absolute atomic E-state index is 13.6. The van der Waals surface area contributed by atoms with Crippen LogP contribution in [0.3, 0.4) is 0 Å². The molecule has 1 fully saturated rings. The molecule has 1 unspecified atom stereocenters. The summed E-state index contributed by atoms with van der Waals surface area (Å²) in [4.78, 5) is 33.2. The number of carbonyl (C=O) groups excluding carboxylic acids is 2. The number of thioether (sulfide) groups is 1. The summed E-state index contributed by atoms with van der Waals surface area (Å²) in [5.41, 5.74) is 3.87. The van der Waals surface area contributed by atoms with Crippen LogP contribution in [0.15, 0.2) is 70.9 Å². The van der Waals surface area contributed by atoms with E-state index in [4.69, 9.17) is 4.99 Å². The smallest absolute Gasteiger partial charge is 0.255 e. The molecule has 2 aromatic rings. The third kappa shape index (κ3) is 6.58. The zero-order chi connectivity index (χ0) is 25.3. The van der Waals surface area contributed by atoms with E-state index in [2.05, 4.69) is 22.5 Å². The summed E-state index contributed by atoms with van der Waals surface area (Å²) in [5, 5.41) is 7.08. The van der Waals surface area contributed by atoms with Crippen molar-refractivity contribution in [2.24, 2.45) is 4.99 Å². The lowest BCUT2D eigenvalue weighted by atomic mass is 9.93. The van der Waals surface area contributed by atoms with Crippen LogP contribution in [0.25, 0.3) is 0 Å². The molecule has 1 atom stereocenters. The summed E-state index contributed by atoms with van der Waals surface area (Å²) in [6.07, 6.45) is 7.15. The standard InChI is InChI=1S/C29H36N4O2S/c1-3-4-5-6-10-17-25(34)31-24-16-11-13-22(20-24)27-26(28(35)32-23-14-8-7-9-15-23)21(2)30-29-33(27)18-12-19-36-29/h7-9,11,13-16,20,27H,3-6,10,12,17-19H2,1-2H3,(H,31,34)(H,32,35). The maximum atomic E-state index is 13.6. The number of nitrogens with one attached hydrogen (secondary N) is 2. The van der Waals surface area contributed by atoms with Gasteiger partial charge in [0.2, 0.25) is 5.91 Å². The molecule has 2 aliphatic heterocycles. The number of amidine groups is 1. The molecule has 190 valence electrons. The fourth-order valence-corrected chi connectivity index (χ4v) is 5.74. The first kappa shape index (κ1) is 26.0. The van der Waals surface area contributed by atoms with Crippen LogP contribution < -0.4 is 10.6 Å². The number of rotatable bonds is 10. The Morgan fingerprint density at radius 2 is 1.78 bits per heavy atom. The van der Waals surface area contributed by atoms with Gasteiger partial charge in [-0.25, -0.2) is 4.99 Å². The van der Waals surface area contributed by atoms with Crippen molar-refractivity contribution < 1.29 is 9.59 Å². The summed E-state index contributed by atoms with van der Waals surface area (Å²) < 4.78 is 0. The molecule has 2 N–H and O–H groups in total. The van der Waals surface area contributed by atoms with Gasteiger partial charge in [-0.15, -0.1) is 0 Å². The van der Waals surface area contributed by atoms with E-state index in [0.717, 1.165) is 59.4 Å². The Hall–Kier alpha value is -3.06. The molecular formula is C29H36N4O2S. The van der Waals surface area contributed by atoms with E-state index in [9.17, 15) is 9.59 Å². The van der Waals surface area contributed by atoms with Crippen LogP contribution in [0, 0.1) is 0 Å². The lowest BCUT2D eigenvalue weighted by Crippen LogP contribution is -2.43. The Labute approximate surface area is 218 Å². The van der Waals surface area contributed by atoms with Crippen molar-refractivity contribution in [3.63, 3.8) is 0 Å². The van der Waals surface area contributed by atoms with Crippen LogP contribution in [0.5, 0.6) is 0 Å². The van der Waals surface area contributed by atoms with Gasteiger partial charge < -0.3 is 15.5 Å². The van der Waals surface area contributed by atoms with E-state index < -0.39 is 0 Å². The number of aliphatic imine (C=N–C) groups is 1. The summed E-state index contributed by atoms with van der Waals surface area (Å²) in [7, 11) is 0. The summed E-state index contributed by atoms with van der Waals surface area (Å²) in [5.74, 6) is 0.912. The normalized spacial score (nSPS) is 17.3. The third-order valence-corrected chi connectivity index (χ3v) is 7.61. The van der Waals surface area contributed by atoms with Crippen LogP contribution in [-0.2, 0) is 9.59 Å². The van der Waals surface area contributed by atoms with Crippen molar-refractivity contribution >= 4 is 40.1 Å². The highest BCUT2D eigenvalue weighted by Gasteiger charge is 2.37. The van der Waals surface area contributed by atoms with Crippen molar-refractivity contribution in [1.82, 2.24) is 4.90 Å². The molecule has 0 radical (unpaired) electrons. The summed E-state index contributed by atoms with van der Waals surface area (Å²) in [6.45, 7) is 4.94. The average Bonchev–Trinajstić information content (AvgIpc) is 2.88. The van der Waals surface area contributed by atoms with Gasteiger partial charge in [-0.05, 0) is 49.6 Å².